The molecule has 4 nitrogen and oxygen atoms in total. The van der Waals surface area contributed by atoms with Crippen molar-refractivity contribution in [2.45, 2.75) is 19.8 Å². The van der Waals surface area contributed by atoms with Crippen molar-refractivity contribution >= 4 is 38.3 Å². The van der Waals surface area contributed by atoms with E-state index in [1.165, 1.54) is 16.9 Å². The number of aromatic nitrogens is 1. The summed E-state index contributed by atoms with van der Waals surface area (Å²) in [5.41, 5.74) is 9.13. The Balaban J connectivity index is 1.80. The van der Waals surface area contributed by atoms with E-state index < -0.39 is 0 Å². The molecule has 22 heavy (non-hydrogen) atoms. The van der Waals surface area contributed by atoms with Crippen LogP contribution in [0.4, 0.5) is 10.8 Å². The largest absolute Gasteiger partial charge is 0.399 e. The van der Waals surface area contributed by atoms with Crippen LogP contribution >= 0.6 is 11.3 Å². The molecule has 3 rings (SSSR count). The Bertz CT molecular complexity index is 822. The first-order chi connectivity index (χ1) is 10.5. The molecule has 1 amide bonds. The predicted octanol–water partition coefficient (Wildman–Crippen LogP) is 4.25. The SMILES string of the molecule is CC(C)c1ccc(C(=O)Nc2nc3ccc(N)cc3s2)cc1. The summed E-state index contributed by atoms with van der Waals surface area (Å²) in [7, 11) is 0. The first kappa shape index (κ1) is 14.5. The number of nitrogen functional groups attached to an aromatic ring is 1. The second-order valence-corrected chi connectivity index (χ2v) is 6.51. The highest BCUT2D eigenvalue weighted by molar-refractivity contribution is 7.22. The van der Waals surface area contributed by atoms with Gasteiger partial charge in [-0.15, -0.1) is 0 Å². The molecule has 0 aliphatic rings. The number of benzene rings is 2. The van der Waals surface area contributed by atoms with Gasteiger partial charge in [0.1, 0.15) is 0 Å². The topological polar surface area (TPSA) is 68.0 Å². The summed E-state index contributed by atoms with van der Waals surface area (Å²) >= 11 is 1.42. The van der Waals surface area contributed by atoms with E-state index in [0.29, 0.717) is 22.3 Å². The van der Waals surface area contributed by atoms with Crippen molar-refractivity contribution in [1.82, 2.24) is 4.98 Å². The molecule has 0 spiro atoms. The lowest BCUT2D eigenvalue weighted by molar-refractivity contribution is 0.102. The first-order valence-corrected chi connectivity index (χ1v) is 7.92. The summed E-state index contributed by atoms with van der Waals surface area (Å²) < 4.78 is 0.963. The Kier molecular flexibility index (Phi) is 3.81. The molecule has 0 unspecified atom stereocenters. The molecule has 112 valence electrons. The molecule has 0 fully saturated rings. The number of hydrogen-bond acceptors (Lipinski definition) is 4. The highest BCUT2D eigenvalue weighted by Crippen LogP contribution is 2.27. The van der Waals surface area contributed by atoms with Crippen molar-refractivity contribution in [3.63, 3.8) is 0 Å². The molecule has 0 aliphatic heterocycles. The van der Waals surface area contributed by atoms with Gasteiger partial charge in [0.15, 0.2) is 5.13 Å². The second kappa shape index (κ2) is 5.77. The minimum Gasteiger partial charge on any atom is -0.399 e. The average Bonchev–Trinajstić information content (AvgIpc) is 2.88. The average molecular weight is 311 g/mol. The second-order valence-electron chi connectivity index (χ2n) is 5.48. The zero-order chi connectivity index (χ0) is 15.7. The van der Waals surface area contributed by atoms with Crippen LogP contribution in [-0.4, -0.2) is 10.9 Å². The van der Waals surface area contributed by atoms with Crippen LogP contribution in [0.5, 0.6) is 0 Å². The fourth-order valence-electron chi connectivity index (χ4n) is 2.18. The summed E-state index contributed by atoms with van der Waals surface area (Å²) in [5, 5.41) is 3.43. The van der Waals surface area contributed by atoms with Gasteiger partial charge in [-0.25, -0.2) is 4.98 Å². The van der Waals surface area contributed by atoms with Crippen molar-refractivity contribution < 1.29 is 4.79 Å². The number of carbonyl (C=O) groups is 1. The smallest absolute Gasteiger partial charge is 0.257 e. The highest BCUT2D eigenvalue weighted by atomic mass is 32.1. The van der Waals surface area contributed by atoms with E-state index in [2.05, 4.69) is 24.1 Å². The first-order valence-electron chi connectivity index (χ1n) is 7.10. The van der Waals surface area contributed by atoms with E-state index in [9.17, 15) is 4.79 Å². The van der Waals surface area contributed by atoms with Crippen LogP contribution in [0, 0.1) is 0 Å². The summed E-state index contributed by atoms with van der Waals surface area (Å²) in [5.74, 6) is 0.300. The predicted molar refractivity (Wildman–Crippen MR) is 92.5 cm³/mol. The highest BCUT2D eigenvalue weighted by Gasteiger charge is 2.10. The van der Waals surface area contributed by atoms with E-state index in [0.717, 1.165) is 10.2 Å². The Labute approximate surface area is 133 Å². The summed E-state index contributed by atoms with van der Waals surface area (Å²) in [6.45, 7) is 4.25. The number of thiazole rings is 1. The van der Waals surface area contributed by atoms with Crippen molar-refractivity contribution in [2.24, 2.45) is 0 Å². The maximum atomic E-state index is 12.3. The standard InChI is InChI=1S/C17H17N3OS/c1-10(2)11-3-5-12(6-4-11)16(21)20-17-19-14-8-7-13(18)9-15(14)22-17/h3-10H,18H2,1-2H3,(H,19,20,21). The van der Waals surface area contributed by atoms with E-state index in [4.69, 9.17) is 5.73 Å². The third kappa shape index (κ3) is 2.94. The number of nitrogens with two attached hydrogens (primary N) is 1. The Morgan fingerprint density at radius 3 is 2.59 bits per heavy atom. The van der Waals surface area contributed by atoms with Crippen molar-refractivity contribution in [3.8, 4) is 0 Å². The fraction of sp³-hybridized carbons (Fsp3) is 0.176. The minimum absolute atomic E-state index is 0.151. The number of amides is 1. The fourth-order valence-corrected chi connectivity index (χ4v) is 3.09. The lowest BCUT2D eigenvalue weighted by Crippen LogP contribution is -2.11. The molecule has 0 atom stereocenters. The van der Waals surface area contributed by atoms with E-state index in [-0.39, 0.29) is 5.91 Å². The van der Waals surface area contributed by atoms with Gasteiger partial charge in [-0.2, -0.15) is 0 Å². The van der Waals surface area contributed by atoms with Crippen LogP contribution in [-0.2, 0) is 0 Å². The monoisotopic (exact) mass is 311 g/mol. The van der Waals surface area contributed by atoms with E-state index in [1.54, 1.807) is 6.07 Å². The number of fused-ring (bicyclic) bond motifs is 1. The maximum absolute atomic E-state index is 12.3. The molecule has 2 aromatic carbocycles. The van der Waals surface area contributed by atoms with Crippen LogP contribution in [0.3, 0.4) is 0 Å². The molecule has 1 heterocycles. The zero-order valence-corrected chi connectivity index (χ0v) is 13.3. The summed E-state index contributed by atoms with van der Waals surface area (Å²) in [6, 6.07) is 13.2. The zero-order valence-electron chi connectivity index (χ0n) is 12.5. The van der Waals surface area contributed by atoms with Crippen molar-refractivity contribution in [2.75, 3.05) is 11.1 Å². The number of nitrogens with one attached hydrogen (secondary N) is 1. The Hall–Kier alpha value is -2.40. The molecule has 1 aromatic heterocycles. The summed E-state index contributed by atoms with van der Waals surface area (Å²) in [4.78, 5) is 16.7. The normalized spacial score (nSPS) is 11.0. The Morgan fingerprint density at radius 1 is 1.18 bits per heavy atom. The third-order valence-corrected chi connectivity index (χ3v) is 4.41. The van der Waals surface area contributed by atoms with Gasteiger partial charge >= 0.3 is 0 Å². The van der Waals surface area contributed by atoms with Gasteiger partial charge in [-0.05, 0) is 41.8 Å². The van der Waals surface area contributed by atoms with Gasteiger partial charge in [-0.1, -0.05) is 37.3 Å². The molecule has 0 saturated carbocycles. The molecule has 5 heteroatoms. The number of anilines is 2. The molecule has 0 radical (unpaired) electrons. The number of nitrogens with zero attached hydrogens (tertiary/aromatic N) is 1. The molecular weight excluding hydrogens is 294 g/mol. The minimum atomic E-state index is -0.151. The third-order valence-electron chi connectivity index (χ3n) is 3.47. The quantitative estimate of drug-likeness (QED) is 0.710. The van der Waals surface area contributed by atoms with Gasteiger partial charge in [0.2, 0.25) is 0 Å². The van der Waals surface area contributed by atoms with Crippen molar-refractivity contribution in [3.05, 3.63) is 53.6 Å². The summed E-state index contributed by atoms with van der Waals surface area (Å²) in [6.07, 6.45) is 0. The van der Waals surface area contributed by atoms with Crippen LogP contribution in [0.1, 0.15) is 35.7 Å². The number of rotatable bonds is 3. The lowest BCUT2D eigenvalue weighted by Gasteiger charge is -2.06. The van der Waals surface area contributed by atoms with Gasteiger partial charge in [0, 0.05) is 11.3 Å². The van der Waals surface area contributed by atoms with Crippen molar-refractivity contribution in [1.29, 1.82) is 0 Å². The molecule has 3 aromatic rings. The number of carbonyl (C=O) groups excluding carboxylic acids is 1. The van der Waals surface area contributed by atoms with Crippen LogP contribution in [0.15, 0.2) is 42.5 Å². The molecule has 3 N–H and O–H groups in total. The van der Waals surface area contributed by atoms with Gasteiger partial charge < -0.3 is 5.73 Å². The molecule has 0 aliphatic carbocycles. The van der Waals surface area contributed by atoms with Crippen LogP contribution in [0.25, 0.3) is 10.2 Å². The lowest BCUT2D eigenvalue weighted by atomic mass is 10.0. The number of hydrogen-bond donors (Lipinski definition) is 2. The Morgan fingerprint density at radius 2 is 1.91 bits per heavy atom. The molecular formula is C17H17N3OS. The van der Waals surface area contributed by atoms with E-state index >= 15 is 0 Å². The van der Waals surface area contributed by atoms with Gasteiger partial charge in [0.05, 0.1) is 10.2 Å². The maximum Gasteiger partial charge on any atom is 0.257 e. The van der Waals surface area contributed by atoms with Crippen LogP contribution in [0.2, 0.25) is 0 Å². The molecule has 0 bridgehead atoms. The van der Waals surface area contributed by atoms with Crippen LogP contribution < -0.4 is 11.1 Å². The van der Waals surface area contributed by atoms with Gasteiger partial charge in [0.25, 0.3) is 5.91 Å². The molecule has 0 saturated heterocycles. The van der Waals surface area contributed by atoms with E-state index in [1.807, 2.05) is 36.4 Å². The van der Waals surface area contributed by atoms with Gasteiger partial charge in [-0.3, -0.25) is 10.1 Å².